The predicted octanol–water partition coefficient (Wildman–Crippen LogP) is 2.51. The summed E-state index contributed by atoms with van der Waals surface area (Å²) in [5, 5.41) is 1.40. The van der Waals surface area contributed by atoms with Crippen molar-refractivity contribution >= 4 is 11.0 Å². The molecule has 2 rings (SSSR count). The minimum Gasteiger partial charge on any atom is -0.406 e. The Morgan fingerprint density at radius 3 is 2.55 bits per heavy atom. The Morgan fingerprint density at radius 2 is 1.95 bits per heavy atom. The monoisotopic (exact) mass is 334 g/mol. The molecule has 0 radical (unpaired) electrons. The molecular weight excluding hydrogens is 317 g/mol. The van der Waals surface area contributed by atoms with Gasteiger partial charge in [0, 0.05) is 38.1 Å². The summed E-state index contributed by atoms with van der Waals surface area (Å²) in [6.45, 7) is 6.70. The second-order valence-corrected chi connectivity index (χ2v) is 6.25. The van der Waals surface area contributed by atoms with E-state index < -0.39 is 17.3 Å². The molecular formula is C14H17F3N2O2S. The first-order valence-electron chi connectivity index (χ1n) is 6.72. The number of alkyl halides is 3. The van der Waals surface area contributed by atoms with E-state index in [-0.39, 0.29) is 5.75 Å². The van der Waals surface area contributed by atoms with Crippen molar-refractivity contribution in [2.75, 3.05) is 26.2 Å². The lowest BCUT2D eigenvalue weighted by Gasteiger charge is -2.33. The molecule has 0 N–H and O–H groups in total. The van der Waals surface area contributed by atoms with Gasteiger partial charge in [-0.25, -0.2) is 8.51 Å². The molecule has 1 aliphatic rings. The second kappa shape index (κ2) is 7.26. The van der Waals surface area contributed by atoms with Crippen LogP contribution in [0.5, 0.6) is 5.75 Å². The van der Waals surface area contributed by atoms with Crippen LogP contribution < -0.4 is 4.74 Å². The number of ether oxygens (including phenoxy) is 1. The summed E-state index contributed by atoms with van der Waals surface area (Å²) in [5.74, 6) is -0.212. The van der Waals surface area contributed by atoms with Crippen LogP contribution >= 0.6 is 0 Å². The maximum absolute atomic E-state index is 12.2. The van der Waals surface area contributed by atoms with Crippen molar-refractivity contribution in [1.29, 1.82) is 0 Å². The molecule has 0 saturated carbocycles. The summed E-state index contributed by atoms with van der Waals surface area (Å²) in [5.41, 5.74) is 0.750. The van der Waals surface area contributed by atoms with Crippen molar-refractivity contribution in [1.82, 2.24) is 9.21 Å². The molecule has 1 fully saturated rings. The molecule has 0 amide bonds. The minimum atomic E-state index is -4.68. The van der Waals surface area contributed by atoms with E-state index in [1.807, 2.05) is 4.31 Å². The van der Waals surface area contributed by atoms with Gasteiger partial charge < -0.3 is 4.74 Å². The van der Waals surface area contributed by atoms with Gasteiger partial charge >= 0.3 is 6.36 Å². The van der Waals surface area contributed by atoms with Crippen LogP contribution in [0.4, 0.5) is 13.2 Å². The number of nitrogens with zero attached hydrogens (tertiary/aromatic N) is 2. The molecule has 8 heteroatoms. The average Bonchev–Trinajstić information content (AvgIpc) is 2.46. The first-order valence-corrected chi connectivity index (χ1v) is 7.89. The van der Waals surface area contributed by atoms with Crippen molar-refractivity contribution in [3.8, 4) is 5.75 Å². The van der Waals surface area contributed by atoms with Crippen LogP contribution in [0.15, 0.2) is 36.3 Å². The van der Waals surface area contributed by atoms with Crippen LogP contribution in [0.2, 0.25) is 0 Å². The van der Waals surface area contributed by atoms with Gasteiger partial charge in [-0.1, -0.05) is 18.7 Å². The third kappa shape index (κ3) is 5.11. The van der Waals surface area contributed by atoms with Crippen molar-refractivity contribution in [3.63, 3.8) is 0 Å². The van der Waals surface area contributed by atoms with Gasteiger partial charge in [0.15, 0.2) is 0 Å². The van der Waals surface area contributed by atoms with Gasteiger partial charge in [-0.05, 0) is 17.7 Å². The molecule has 122 valence electrons. The number of rotatable bonds is 5. The molecule has 4 nitrogen and oxygen atoms in total. The molecule has 22 heavy (non-hydrogen) atoms. The van der Waals surface area contributed by atoms with Crippen molar-refractivity contribution in [2.24, 2.45) is 0 Å². The SMILES string of the molecule is C=CS(=O)N1CCN(Cc2cccc(OC(F)(F)F)c2)CC1. The Hall–Kier alpha value is -1.38. The van der Waals surface area contributed by atoms with Gasteiger partial charge in [0.05, 0.1) is 0 Å². The zero-order valence-corrected chi connectivity index (χ0v) is 12.7. The quantitative estimate of drug-likeness (QED) is 0.829. The third-order valence-electron chi connectivity index (χ3n) is 3.27. The molecule has 1 aliphatic heterocycles. The normalized spacial score (nSPS) is 18.9. The molecule has 1 saturated heterocycles. The van der Waals surface area contributed by atoms with Crippen LogP contribution in [0.3, 0.4) is 0 Å². The smallest absolute Gasteiger partial charge is 0.406 e. The summed E-state index contributed by atoms with van der Waals surface area (Å²) in [6, 6.07) is 5.97. The molecule has 0 spiro atoms. The highest BCUT2D eigenvalue weighted by molar-refractivity contribution is 7.85. The third-order valence-corrected chi connectivity index (χ3v) is 4.43. The fourth-order valence-corrected chi connectivity index (χ4v) is 3.01. The number of hydrogen-bond donors (Lipinski definition) is 0. The van der Waals surface area contributed by atoms with Crippen LogP contribution in [-0.4, -0.2) is 46.0 Å². The predicted molar refractivity (Wildman–Crippen MR) is 78.3 cm³/mol. The highest BCUT2D eigenvalue weighted by Gasteiger charge is 2.31. The summed E-state index contributed by atoms with van der Waals surface area (Å²) in [6.07, 6.45) is -4.68. The van der Waals surface area contributed by atoms with Crippen LogP contribution in [0.25, 0.3) is 0 Å². The molecule has 0 aromatic heterocycles. The van der Waals surface area contributed by atoms with Crippen molar-refractivity contribution in [2.45, 2.75) is 12.9 Å². The van der Waals surface area contributed by atoms with Crippen molar-refractivity contribution < 1.29 is 22.1 Å². The molecule has 0 bridgehead atoms. The minimum absolute atomic E-state index is 0.212. The Morgan fingerprint density at radius 1 is 1.27 bits per heavy atom. The summed E-state index contributed by atoms with van der Waals surface area (Å²) >= 11 is 0. The molecule has 1 aromatic rings. The van der Waals surface area contributed by atoms with E-state index in [2.05, 4.69) is 16.2 Å². The van der Waals surface area contributed by atoms with Crippen molar-refractivity contribution in [3.05, 3.63) is 41.8 Å². The van der Waals surface area contributed by atoms with Crippen LogP contribution in [0, 0.1) is 0 Å². The molecule has 0 aliphatic carbocycles. The number of halogens is 3. The standard InChI is InChI=1S/C14H17F3N2O2S/c1-2-22(20)19-8-6-18(7-9-19)11-12-4-3-5-13(10-12)21-14(15,16)17/h2-5,10H,1,6-9,11H2. The number of benzene rings is 1. The van der Waals surface area contributed by atoms with E-state index in [0.717, 1.165) is 5.56 Å². The largest absolute Gasteiger partial charge is 0.573 e. The zero-order chi connectivity index (χ0) is 16.2. The number of hydrogen-bond acceptors (Lipinski definition) is 3. The van der Waals surface area contributed by atoms with E-state index >= 15 is 0 Å². The van der Waals surface area contributed by atoms with Crippen LogP contribution in [0.1, 0.15) is 5.56 Å². The van der Waals surface area contributed by atoms with E-state index in [0.29, 0.717) is 32.7 Å². The van der Waals surface area contributed by atoms with E-state index in [1.54, 1.807) is 12.1 Å². The van der Waals surface area contributed by atoms with E-state index in [9.17, 15) is 17.4 Å². The fourth-order valence-electron chi connectivity index (χ4n) is 2.27. The lowest BCUT2D eigenvalue weighted by Crippen LogP contribution is -2.45. The maximum atomic E-state index is 12.2. The molecule has 1 unspecified atom stereocenters. The van der Waals surface area contributed by atoms with Gasteiger partial charge in [0.25, 0.3) is 0 Å². The highest BCUT2D eigenvalue weighted by atomic mass is 32.2. The molecule has 1 atom stereocenters. The first-order chi connectivity index (χ1) is 10.4. The Bertz CT molecular complexity index is 543. The Balaban J connectivity index is 1.91. The van der Waals surface area contributed by atoms with Gasteiger partial charge in [0.2, 0.25) is 0 Å². The Kier molecular flexibility index (Phi) is 5.60. The fraction of sp³-hybridized carbons (Fsp3) is 0.429. The molecule has 1 aromatic carbocycles. The number of piperazine rings is 1. The lowest BCUT2D eigenvalue weighted by molar-refractivity contribution is -0.274. The summed E-state index contributed by atoms with van der Waals surface area (Å²) in [4.78, 5) is 2.10. The molecule has 1 heterocycles. The maximum Gasteiger partial charge on any atom is 0.573 e. The van der Waals surface area contributed by atoms with Crippen LogP contribution in [-0.2, 0) is 17.5 Å². The summed E-state index contributed by atoms with van der Waals surface area (Å²) < 4.78 is 53.9. The van der Waals surface area contributed by atoms with E-state index in [4.69, 9.17) is 0 Å². The zero-order valence-electron chi connectivity index (χ0n) is 11.9. The topological polar surface area (TPSA) is 32.8 Å². The lowest BCUT2D eigenvalue weighted by atomic mass is 10.2. The van der Waals surface area contributed by atoms with Gasteiger partial charge in [-0.15, -0.1) is 13.2 Å². The second-order valence-electron chi connectivity index (χ2n) is 4.84. The highest BCUT2D eigenvalue weighted by Crippen LogP contribution is 2.24. The van der Waals surface area contributed by atoms with E-state index in [1.165, 1.54) is 17.5 Å². The van der Waals surface area contributed by atoms with Gasteiger partial charge in [-0.3, -0.25) is 4.90 Å². The first kappa shape index (κ1) is 17.0. The van der Waals surface area contributed by atoms with Gasteiger partial charge in [0.1, 0.15) is 16.7 Å². The Labute approximate surface area is 129 Å². The van der Waals surface area contributed by atoms with Gasteiger partial charge in [-0.2, -0.15) is 0 Å². The summed E-state index contributed by atoms with van der Waals surface area (Å²) in [7, 11) is -1.16. The average molecular weight is 334 g/mol.